The molecule has 0 aliphatic rings. The maximum absolute atomic E-state index is 10.3. The molecule has 198 valence electrons. The Morgan fingerprint density at radius 2 is 1.31 bits per heavy atom. The number of halogens is 3. The molecule has 0 unspecified atom stereocenters. The topological polar surface area (TPSA) is 77.8 Å². The molecule has 0 bridgehead atoms. The zero-order valence-electron chi connectivity index (χ0n) is 20.6. The predicted octanol–water partition coefficient (Wildman–Crippen LogP) is 9.43. The van der Waals surface area contributed by atoms with Crippen LogP contribution in [0.25, 0.3) is 11.1 Å². The van der Waals surface area contributed by atoms with Crippen molar-refractivity contribution < 1.29 is 20.1 Å². The van der Waals surface area contributed by atoms with Gasteiger partial charge in [0.05, 0.1) is 10.0 Å². The smallest absolute Gasteiger partial charge is 0.153 e. The van der Waals surface area contributed by atoms with E-state index in [-0.39, 0.29) is 11.3 Å². The van der Waals surface area contributed by atoms with Crippen LogP contribution in [0.2, 0.25) is 5.02 Å². The number of carbonyl (C=O) groups is 1. The third-order valence-corrected chi connectivity index (χ3v) is 6.75. The Morgan fingerprint density at radius 3 is 1.95 bits per heavy atom. The van der Waals surface area contributed by atoms with Crippen LogP contribution in [0.15, 0.2) is 124 Å². The van der Waals surface area contributed by atoms with Crippen molar-refractivity contribution >= 4 is 49.7 Å². The molecule has 0 atom stereocenters. The minimum Gasteiger partial charge on any atom is -0.508 e. The number of rotatable bonds is 4. The minimum atomic E-state index is -0.0248. The summed E-state index contributed by atoms with van der Waals surface area (Å²) >= 11 is 12.2. The number of phenolic OH excluding ortho intramolecular Hbond substituents is 3. The highest BCUT2D eigenvalue weighted by atomic mass is 79.9. The second-order valence-corrected chi connectivity index (χ2v) is 10.5. The lowest BCUT2D eigenvalue weighted by atomic mass is 10.0. The average Bonchev–Trinajstić information content (AvgIpc) is 2.95. The quantitative estimate of drug-likeness (QED) is 0.167. The number of benzene rings is 5. The van der Waals surface area contributed by atoms with E-state index in [2.05, 4.69) is 31.9 Å². The van der Waals surface area contributed by atoms with Crippen LogP contribution in [0, 0.1) is 0 Å². The molecule has 0 heterocycles. The lowest BCUT2D eigenvalue weighted by molar-refractivity contribution is 0.112. The van der Waals surface area contributed by atoms with E-state index in [1.54, 1.807) is 36.4 Å². The van der Waals surface area contributed by atoms with Gasteiger partial charge in [0.15, 0.2) is 6.29 Å². The van der Waals surface area contributed by atoms with Gasteiger partial charge in [0.2, 0.25) is 0 Å². The van der Waals surface area contributed by atoms with Crippen molar-refractivity contribution in [2.45, 2.75) is 6.42 Å². The fraction of sp³-hybridized carbons (Fsp3) is 0.0312. The number of hydrogen-bond donors (Lipinski definition) is 3. The van der Waals surface area contributed by atoms with Crippen molar-refractivity contribution in [3.63, 3.8) is 0 Å². The van der Waals surface area contributed by atoms with Gasteiger partial charge in [-0.1, -0.05) is 106 Å². The fourth-order valence-corrected chi connectivity index (χ4v) is 4.98. The Bertz CT molecular complexity index is 1510. The van der Waals surface area contributed by atoms with Gasteiger partial charge in [-0.15, -0.1) is 0 Å². The number of aromatic hydroxyl groups is 3. The van der Waals surface area contributed by atoms with Gasteiger partial charge in [-0.3, -0.25) is 4.79 Å². The molecular formula is C32H25Br2ClO4. The predicted molar refractivity (Wildman–Crippen MR) is 165 cm³/mol. The third kappa shape index (κ3) is 9.29. The second kappa shape index (κ2) is 15.1. The van der Waals surface area contributed by atoms with Gasteiger partial charge in [0.25, 0.3) is 0 Å². The standard InChI is InChI=1S/C13H11ClO.C12H10O.C7H4Br2O2/c14-12-6-7-13(15)11(9-12)8-10-4-2-1-3-5-10;13-12-9-5-4-8-11(12)10-6-2-1-3-7-10;8-5-1-4(3-10)7(11)6(9)2-5/h1-7,9,15H,8H2;1-9,13H;1-3,11H. The maximum atomic E-state index is 10.3. The number of para-hydroxylation sites is 1. The molecule has 0 aromatic heterocycles. The normalized spacial score (nSPS) is 9.92. The third-order valence-electron chi connectivity index (χ3n) is 5.45. The first kappa shape index (κ1) is 30.0. The molecule has 0 saturated carbocycles. The first-order chi connectivity index (χ1) is 18.8. The van der Waals surface area contributed by atoms with Crippen molar-refractivity contribution in [2.75, 3.05) is 0 Å². The lowest BCUT2D eigenvalue weighted by Crippen LogP contribution is -1.88. The van der Waals surface area contributed by atoms with Gasteiger partial charge in [-0.2, -0.15) is 0 Å². The molecular weight excluding hydrogens is 644 g/mol. The van der Waals surface area contributed by atoms with E-state index in [1.165, 1.54) is 0 Å². The van der Waals surface area contributed by atoms with Crippen LogP contribution in [0.5, 0.6) is 17.2 Å². The summed E-state index contributed by atoms with van der Waals surface area (Å²) in [6.07, 6.45) is 1.30. The van der Waals surface area contributed by atoms with Crippen molar-refractivity contribution in [3.05, 3.63) is 146 Å². The molecule has 0 aliphatic heterocycles. The van der Waals surface area contributed by atoms with Gasteiger partial charge in [-0.25, -0.2) is 0 Å². The summed E-state index contributed by atoms with van der Waals surface area (Å²) in [5.41, 5.74) is 4.21. The van der Waals surface area contributed by atoms with Crippen LogP contribution in [-0.4, -0.2) is 21.6 Å². The molecule has 0 amide bonds. The molecule has 7 heteroatoms. The number of carbonyl (C=O) groups excluding carboxylic acids is 1. The number of aldehydes is 1. The van der Waals surface area contributed by atoms with Crippen molar-refractivity contribution in [1.82, 2.24) is 0 Å². The highest BCUT2D eigenvalue weighted by Crippen LogP contribution is 2.30. The molecule has 3 N–H and O–H groups in total. The molecule has 39 heavy (non-hydrogen) atoms. The SMILES string of the molecule is O=Cc1cc(Br)cc(Br)c1O.Oc1ccc(Cl)cc1Cc1ccccc1.Oc1ccccc1-c1ccccc1. The summed E-state index contributed by atoms with van der Waals surface area (Å²) in [7, 11) is 0. The summed E-state index contributed by atoms with van der Waals surface area (Å²) in [5, 5.41) is 29.1. The van der Waals surface area contributed by atoms with Crippen molar-refractivity contribution in [1.29, 1.82) is 0 Å². The zero-order valence-corrected chi connectivity index (χ0v) is 24.6. The average molecular weight is 669 g/mol. The second-order valence-electron chi connectivity index (χ2n) is 8.26. The Morgan fingerprint density at radius 1 is 0.692 bits per heavy atom. The van der Waals surface area contributed by atoms with Gasteiger partial charge in [-0.05, 0) is 69.0 Å². The zero-order chi connectivity index (χ0) is 28.2. The van der Waals surface area contributed by atoms with Gasteiger partial charge in [0, 0.05) is 21.5 Å². The molecule has 5 aromatic carbocycles. The van der Waals surface area contributed by atoms with E-state index >= 15 is 0 Å². The van der Waals surface area contributed by atoms with E-state index in [0.717, 1.165) is 26.7 Å². The van der Waals surface area contributed by atoms with E-state index in [4.69, 9.17) is 11.6 Å². The molecule has 0 radical (unpaired) electrons. The summed E-state index contributed by atoms with van der Waals surface area (Å²) in [6.45, 7) is 0. The summed E-state index contributed by atoms with van der Waals surface area (Å²) in [6, 6.07) is 35.5. The summed E-state index contributed by atoms with van der Waals surface area (Å²) < 4.78 is 1.26. The first-order valence-electron chi connectivity index (χ1n) is 11.8. The van der Waals surface area contributed by atoms with Crippen molar-refractivity contribution in [3.8, 4) is 28.4 Å². The largest absolute Gasteiger partial charge is 0.508 e. The number of hydrogen-bond acceptors (Lipinski definition) is 4. The van der Waals surface area contributed by atoms with Crippen molar-refractivity contribution in [2.24, 2.45) is 0 Å². The van der Waals surface area contributed by atoms with Crippen LogP contribution in [0.1, 0.15) is 21.5 Å². The van der Waals surface area contributed by atoms with Crippen LogP contribution in [-0.2, 0) is 6.42 Å². The lowest BCUT2D eigenvalue weighted by Gasteiger charge is -2.05. The maximum Gasteiger partial charge on any atom is 0.153 e. The number of phenols is 3. The van der Waals surface area contributed by atoms with E-state index in [1.807, 2.05) is 78.9 Å². The molecule has 0 fully saturated rings. The highest BCUT2D eigenvalue weighted by Gasteiger charge is 2.05. The monoisotopic (exact) mass is 666 g/mol. The van der Waals surface area contributed by atoms with E-state index in [0.29, 0.717) is 33.7 Å². The van der Waals surface area contributed by atoms with Crippen LogP contribution < -0.4 is 0 Å². The fourth-order valence-electron chi connectivity index (χ4n) is 3.52. The summed E-state index contributed by atoms with van der Waals surface area (Å²) in [5.74, 6) is 0.597. The Labute approximate surface area is 249 Å². The molecule has 0 saturated heterocycles. The minimum absolute atomic E-state index is 0.0248. The highest BCUT2D eigenvalue weighted by molar-refractivity contribution is 9.11. The van der Waals surface area contributed by atoms with Crippen LogP contribution in [0.4, 0.5) is 0 Å². The first-order valence-corrected chi connectivity index (χ1v) is 13.7. The van der Waals surface area contributed by atoms with Gasteiger partial charge in [0.1, 0.15) is 17.2 Å². The van der Waals surface area contributed by atoms with Gasteiger partial charge >= 0.3 is 0 Å². The summed E-state index contributed by atoms with van der Waals surface area (Å²) in [4.78, 5) is 10.3. The Hall–Kier alpha value is -3.58. The Balaban J connectivity index is 0.000000164. The Kier molecular flexibility index (Phi) is 11.6. The molecule has 4 nitrogen and oxygen atoms in total. The van der Waals surface area contributed by atoms with Gasteiger partial charge < -0.3 is 15.3 Å². The van der Waals surface area contributed by atoms with E-state index in [9.17, 15) is 20.1 Å². The van der Waals surface area contributed by atoms with E-state index < -0.39 is 0 Å². The van der Waals surface area contributed by atoms with Crippen LogP contribution in [0.3, 0.4) is 0 Å². The molecule has 5 rings (SSSR count). The van der Waals surface area contributed by atoms with Crippen LogP contribution >= 0.6 is 43.5 Å². The molecule has 0 aliphatic carbocycles. The molecule has 5 aromatic rings. The molecule has 0 spiro atoms.